The molecular weight excluding hydrogens is 385 g/mol. The van der Waals surface area contributed by atoms with Gasteiger partial charge >= 0.3 is 7.82 Å². The van der Waals surface area contributed by atoms with E-state index in [1.165, 1.54) is 0 Å². The number of halogens is 1. The number of ether oxygens (including phenoxy) is 1. The largest absolute Gasteiger partial charge is 0.475 e. The van der Waals surface area contributed by atoms with Gasteiger partial charge in [-0.1, -0.05) is 0 Å². The van der Waals surface area contributed by atoms with E-state index in [1.807, 2.05) is 6.92 Å². The van der Waals surface area contributed by atoms with Crippen molar-refractivity contribution < 1.29 is 22.9 Å². The minimum Gasteiger partial charge on any atom is -0.382 e. The Balaban J connectivity index is 1.63. The molecule has 0 spiro atoms. The molecule has 26 heavy (non-hydrogen) atoms. The maximum atomic E-state index is 12.6. The maximum absolute atomic E-state index is 12.6. The Morgan fingerprint density at radius 1 is 1.50 bits per heavy atom. The zero-order chi connectivity index (χ0) is 18.7. The highest BCUT2D eigenvalue weighted by Crippen LogP contribution is 2.60. The zero-order valence-electron chi connectivity index (χ0n) is 14.5. The van der Waals surface area contributed by atoms with Crippen molar-refractivity contribution in [3.05, 3.63) is 11.6 Å². The van der Waals surface area contributed by atoms with Crippen molar-refractivity contribution >= 4 is 36.4 Å². The van der Waals surface area contributed by atoms with Crippen molar-refractivity contribution in [3.8, 4) is 0 Å². The van der Waals surface area contributed by atoms with Crippen molar-refractivity contribution in [1.29, 1.82) is 0 Å². The molecule has 2 saturated heterocycles. The van der Waals surface area contributed by atoms with Crippen LogP contribution in [0.3, 0.4) is 0 Å². The third-order valence-electron chi connectivity index (χ3n) is 4.34. The topological polar surface area (TPSA) is 124 Å². The SMILES string of the molecule is CC(C)O[P@@]1(=O)OC[C@@]2(C)O[C@@H](n3cnc4c(N)nc(Cl)nc43)C[C@@H]2O1. The smallest absolute Gasteiger partial charge is 0.382 e. The Labute approximate surface area is 154 Å². The molecular formula is C14H19ClN5O5P. The highest BCUT2D eigenvalue weighted by molar-refractivity contribution is 7.48. The molecule has 2 aromatic rings. The lowest BCUT2D eigenvalue weighted by Crippen LogP contribution is -2.45. The standard InChI is InChI=1S/C14H19ClN5O5P/c1-7(2)24-26(21)22-5-14(3)8(25-26)4-9(23-14)20-6-17-10-11(16)18-13(15)19-12(10)20/h6-9H,4-5H2,1-3H3,(H2,16,18,19)/t8-,9+,14+,26+/m0/s1. The average molecular weight is 404 g/mol. The van der Waals surface area contributed by atoms with Crippen LogP contribution >= 0.6 is 19.4 Å². The van der Waals surface area contributed by atoms with E-state index in [2.05, 4.69) is 15.0 Å². The Morgan fingerprint density at radius 2 is 2.27 bits per heavy atom. The quantitative estimate of drug-likeness (QED) is 0.608. The van der Waals surface area contributed by atoms with Gasteiger partial charge in [0, 0.05) is 6.42 Å². The summed E-state index contributed by atoms with van der Waals surface area (Å²) in [7, 11) is -3.62. The number of anilines is 1. The normalized spacial score (nSPS) is 34.5. The number of imidazole rings is 1. The molecule has 10 nitrogen and oxygen atoms in total. The van der Waals surface area contributed by atoms with Gasteiger partial charge in [-0.3, -0.25) is 18.1 Å². The number of fused-ring (bicyclic) bond motifs is 2. The van der Waals surface area contributed by atoms with E-state index in [-0.39, 0.29) is 23.8 Å². The number of phosphoric acid groups is 1. The summed E-state index contributed by atoms with van der Waals surface area (Å²) in [5, 5.41) is 0.0211. The number of hydrogen-bond donors (Lipinski definition) is 1. The minimum absolute atomic E-state index is 0.0211. The van der Waals surface area contributed by atoms with Crippen LogP contribution in [-0.4, -0.2) is 43.9 Å². The summed E-state index contributed by atoms with van der Waals surface area (Å²) < 4.78 is 36.9. The first-order chi connectivity index (χ1) is 12.2. The summed E-state index contributed by atoms with van der Waals surface area (Å²) in [4.78, 5) is 12.3. The van der Waals surface area contributed by atoms with Crippen LogP contribution in [0.15, 0.2) is 6.33 Å². The van der Waals surface area contributed by atoms with Gasteiger partial charge in [-0.15, -0.1) is 0 Å². The average Bonchev–Trinajstić information content (AvgIpc) is 3.07. The molecule has 0 amide bonds. The molecule has 4 heterocycles. The first-order valence-electron chi connectivity index (χ1n) is 8.14. The summed E-state index contributed by atoms with van der Waals surface area (Å²) >= 11 is 5.91. The summed E-state index contributed by atoms with van der Waals surface area (Å²) in [5.41, 5.74) is 5.95. The summed E-state index contributed by atoms with van der Waals surface area (Å²) in [6.45, 7) is 5.45. The fourth-order valence-corrected chi connectivity index (χ4v) is 5.04. The lowest BCUT2D eigenvalue weighted by Gasteiger charge is -2.37. The van der Waals surface area contributed by atoms with E-state index in [9.17, 15) is 4.57 Å². The van der Waals surface area contributed by atoms with E-state index >= 15 is 0 Å². The highest BCUT2D eigenvalue weighted by atomic mass is 35.5. The number of nitrogens with two attached hydrogens (primary N) is 1. The van der Waals surface area contributed by atoms with E-state index < -0.39 is 25.8 Å². The summed E-state index contributed by atoms with van der Waals surface area (Å²) in [6.07, 6.45) is 0.746. The molecule has 0 saturated carbocycles. The molecule has 12 heteroatoms. The van der Waals surface area contributed by atoms with Gasteiger partial charge in [0.2, 0.25) is 5.28 Å². The molecule has 4 atom stereocenters. The number of phosphoric ester groups is 1. The second-order valence-electron chi connectivity index (χ2n) is 6.79. The van der Waals surface area contributed by atoms with E-state index in [1.54, 1.807) is 24.7 Å². The van der Waals surface area contributed by atoms with Gasteiger partial charge in [0.1, 0.15) is 23.4 Å². The van der Waals surface area contributed by atoms with Gasteiger partial charge in [0.05, 0.1) is 19.0 Å². The first kappa shape index (κ1) is 18.1. The molecule has 2 aromatic heterocycles. The monoisotopic (exact) mass is 403 g/mol. The third kappa shape index (κ3) is 3.00. The predicted molar refractivity (Wildman–Crippen MR) is 92.5 cm³/mol. The predicted octanol–water partition coefficient (Wildman–Crippen LogP) is 2.69. The molecule has 0 aromatic carbocycles. The van der Waals surface area contributed by atoms with Gasteiger partial charge in [-0.2, -0.15) is 9.97 Å². The van der Waals surface area contributed by atoms with Crippen LogP contribution in [-0.2, 0) is 22.9 Å². The van der Waals surface area contributed by atoms with E-state index in [4.69, 9.17) is 35.6 Å². The van der Waals surface area contributed by atoms with Gasteiger partial charge in [-0.05, 0) is 32.4 Å². The molecule has 142 valence electrons. The molecule has 0 radical (unpaired) electrons. The van der Waals surface area contributed by atoms with Crippen LogP contribution in [0, 0.1) is 0 Å². The maximum Gasteiger partial charge on any atom is 0.475 e. The summed E-state index contributed by atoms with van der Waals surface area (Å²) in [6, 6.07) is 0. The number of nitrogens with zero attached hydrogens (tertiary/aromatic N) is 4. The van der Waals surface area contributed by atoms with Crippen LogP contribution in [0.1, 0.15) is 33.4 Å². The van der Waals surface area contributed by atoms with Crippen molar-refractivity contribution in [2.24, 2.45) is 0 Å². The molecule has 2 N–H and O–H groups in total. The Morgan fingerprint density at radius 3 is 3.00 bits per heavy atom. The number of hydrogen-bond acceptors (Lipinski definition) is 9. The van der Waals surface area contributed by atoms with Crippen molar-refractivity contribution in [3.63, 3.8) is 0 Å². The lowest BCUT2D eigenvalue weighted by molar-refractivity contribution is -0.137. The van der Waals surface area contributed by atoms with Gasteiger partial charge in [0.15, 0.2) is 11.5 Å². The van der Waals surface area contributed by atoms with Gasteiger partial charge in [-0.25, -0.2) is 9.55 Å². The molecule has 0 aliphatic carbocycles. The van der Waals surface area contributed by atoms with E-state index in [0.29, 0.717) is 17.6 Å². The lowest BCUT2D eigenvalue weighted by atomic mass is 10.0. The van der Waals surface area contributed by atoms with Crippen LogP contribution in [0.25, 0.3) is 11.2 Å². The van der Waals surface area contributed by atoms with Crippen molar-refractivity contribution in [1.82, 2.24) is 19.5 Å². The van der Waals surface area contributed by atoms with E-state index in [0.717, 1.165) is 0 Å². The summed E-state index contributed by atoms with van der Waals surface area (Å²) in [5.74, 6) is 0.190. The second-order valence-corrected chi connectivity index (χ2v) is 8.70. The van der Waals surface area contributed by atoms with Crippen LogP contribution in [0.5, 0.6) is 0 Å². The molecule has 0 bridgehead atoms. The Kier molecular flexibility index (Phi) is 4.26. The number of rotatable bonds is 3. The minimum atomic E-state index is -3.62. The van der Waals surface area contributed by atoms with Crippen LogP contribution in [0.4, 0.5) is 5.82 Å². The highest BCUT2D eigenvalue weighted by Gasteiger charge is 2.55. The zero-order valence-corrected chi connectivity index (χ0v) is 16.1. The molecule has 0 unspecified atom stereocenters. The molecule has 2 aliphatic heterocycles. The Bertz CT molecular complexity index is 907. The van der Waals surface area contributed by atoms with Crippen molar-refractivity contribution in [2.45, 2.75) is 51.2 Å². The van der Waals surface area contributed by atoms with Crippen molar-refractivity contribution in [2.75, 3.05) is 12.3 Å². The molecule has 2 aliphatic rings. The van der Waals surface area contributed by atoms with Crippen LogP contribution in [0.2, 0.25) is 5.28 Å². The Hall–Kier alpha value is -1.29. The first-order valence-corrected chi connectivity index (χ1v) is 9.98. The fourth-order valence-electron chi connectivity index (χ4n) is 3.15. The fraction of sp³-hybridized carbons (Fsp3) is 0.643. The molecule has 2 fully saturated rings. The second kappa shape index (κ2) is 6.12. The van der Waals surface area contributed by atoms with Gasteiger partial charge in [0.25, 0.3) is 0 Å². The number of nitrogen functional groups attached to an aromatic ring is 1. The molecule has 4 rings (SSSR count). The van der Waals surface area contributed by atoms with Crippen LogP contribution < -0.4 is 5.73 Å². The van der Waals surface area contributed by atoms with Gasteiger partial charge < -0.3 is 10.5 Å². The third-order valence-corrected chi connectivity index (χ3v) is 6.15. The number of aromatic nitrogens is 4.